The molecule has 4 N–H and O–H groups in total. The largest absolute Gasteiger partial charge is 0.505 e. The molecule has 1 aromatic carbocycles. The number of halogens is 2. The smallest absolute Gasteiger partial charge is 0.320 e. The highest BCUT2D eigenvalue weighted by molar-refractivity contribution is 5.85. The van der Waals surface area contributed by atoms with Crippen LogP contribution >= 0.6 is 12.4 Å². The number of hydrogen-bond acceptors (Lipinski definition) is 3. The maximum Gasteiger partial charge on any atom is 0.320 e. The zero-order valence-corrected chi connectivity index (χ0v) is 8.50. The first kappa shape index (κ1) is 13.7. The number of aromatic hydroxyl groups is 1. The van der Waals surface area contributed by atoms with Crippen molar-refractivity contribution in [1.82, 2.24) is 0 Å². The fraction of sp³-hybridized carbons (Fsp3) is 0.222. The Labute approximate surface area is 91.9 Å². The van der Waals surface area contributed by atoms with Gasteiger partial charge in [0.15, 0.2) is 11.6 Å². The van der Waals surface area contributed by atoms with Gasteiger partial charge in [0.05, 0.1) is 0 Å². The first-order valence-electron chi connectivity index (χ1n) is 3.96. The topological polar surface area (TPSA) is 83.5 Å². The number of phenolic OH excluding ortho intramolecular Hbond substituents is 1. The fourth-order valence-electron chi connectivity index (χ4n) is 1.03. The highest BCUT2D eigenvalue weighted by Crippen LogP contribution is 2.17. The van der Waals surface area contributed by atoms with E-state index < -0.39 is 23.6 Å². The van der Waals surface area contributed by atoms with Crippen molar-refractivity contribution in [1.29, 1.82) is 0 Å². The van der Waals surface area contributed by atoms with E-state index in [1.807, 2.05) is 0 Å². The van der Waals surface area contributed by atoms with Gasteiger partial charge in [-0.15, -0.1) is 12.4 Å². The Bertz CT molecular complexity index is 359. The lowest BCUT2D eigenvalue weighted by atomic mass is 10.1. The number of nitrogens with two attached hydrogens (primary N) is 1. The number of carboxylic acids is 1. The number of carboxylic acid groups (broad SMARTS) is 1. The Morgan fingerprint density at radius 3 is 2.60 bits per heavy atom. The predicted molar refractivity (Wildman–Crippen MR) is 54.6 cm³/mol. The average Bonchev–Trinajstić information content (AvgIpc) is 2.11. The maximum atomic E-state index is 12.6. The van der Waals surface area contributed by atoms with Gasteiger partial charge >= 0.3 is 5.97 Å². The van der Waals surface area contributed by atoms with Gasteiger partial charge in [-0.1, -0.05) is 6.07 Å². The molecule has 0 bridgehead atoms. The molecule has 0 amide bonds. The first-order valence-corrected chi connectivity index (χ1v) is 3.96. The lowest BCUT2D eigenvalue weighted by Gasteiger charge is -2.06. The Balaban J connectivity index is 0.00000196. The van der Waals surface area contributed by atoms with Gasteiger partial charge in [0.25, 0.3) is 0 Å². The number of phenols is 1. The summed E-state index contributed by atoms with van der Waals surface area (Å²) in [5.74, 6) is -2.37. The van der Waals surface area contributed by atoms with E-state index in [0.717, 1.165) is 12.1 Å². The number of benzene rings is 1. The van der Waals surface area contributed by atoms with Crippen LogP contribution in [0.15, 0.2) is 18.2 Å². The minimum absolute atomic E-state index is 0. The molecule has 1 aromatic rings. The second-order valence-electron chi connectivity index (χ2n) is 2.93. The van der Waals surface area contributed by atoms with Crippen LogP contribution in [-0.4, -0.2) is 22.2 Å². The molecule has 0 aliphatic heterocycles. The highest BCUT2D eigenvalue weighted by atomic mass is 35.5. The maximum absolute atomic E-state index is 12.6. The predicted octanol–water partition coefficient (Wildman–Crippen LogP) is 0.908. The molecule has 0 saturated heterocycles. The Kier molecular flexibility index (Phi) is 5.04. The molecule has 1 unspecified atom stereocenters. The van der Waals surface area contributed by atoms with Crippen LogP contribution < -0.4 is 5.73 Å². The van der Waals surface area contributed by atoms with Gasteiger partial charge in [0.2, 0.25) is 0 Å². The normalized spacial score (nSPS) is 11.6. The number of rotatable bonds is 3. The third kappa shape index (κ3) is 3.73. The van der Waals surface area contributed by atoms with Gasteiger partial charge < -0.3 is 15.9 Å². The molecule has 4 nitrogen and oxygen atoms in total. The van der Waals surface area contributed by atoms with Crippen LogP contribution in [-0.2, 0) is 11.2 Å². The van der Waals surface area contributed by atoms with E-state index in [0.29, 0.717) is 5.56 Å². The zero-order valence-electron chi connectivity index (χ0n) is 7.68. The van der Waals surface area contributed by atoms with E-state index in [9.17, 15) is 9.18 Å². The Morgan fingerprint density at radius 2 is 2.13 bits per heavy atom. The van der Waals surface area contributed by atoms with Crippen molar-refractivity contribution in [2.24, 2.45) is 5.73 Å². The van der Waals surface area contributed by atoms with Crippen molar-refractivity contribution in [3.8, 4) is 5.75 Å². The van der Waals surface area contributed by atoms with E-state index >= 15 is 0 Å². The van der Waals surface area contributed by atoms with Gasteiger partial charge in [-0.2, -0.15) is 0 Å². The molecular weight excluding hydrogens is 225 g/mol. The van der Waals surface area contributed by atoms with E-state index in [1.54, 1.807) is 0 Å². The third-order valence-electron chi connectivity index (χ3n) is 1.78. The van der Waals surface area contributed by atoms with Gasteiger partial charge in [0.1, 0.15) is 6.04 Å². The summed E-state index contributed by atoms with van der Waals surface area (Å²) in [5, 5.41) is 17.5. The summed E-state index contributed by atoms with van der Waals surface area (Å²) in [6, 6.07) is 2.58. The molecule has 0 saturated carbocycles. The van der Waals surface area contributed by atoms with Gasteiger partial charge in [-0.05, 0) is 24.1 Å². The minimum Gasteiger partial charge on any atom is -0.505 e. The second-order valence-corrected chi connectivity index (χ2v) is 2.93. The second kappa shape index (κ2) is 5.53. The third-order valence-corrected chi connectivity index (χ3v) is 1.78. The van der Waals surface area contributed by atoms with Crippen LogP contribution in [0.5, 0.6) is 5.75 Å². The minimum atomic E-state index is -1.13. The summed E-state index contributed by atoms with van der Waals surface area (Å²) in [7, 11) is 0. The SMILES string of the molecule is Cl.NC(Cc1ccc(F)c(O)c1)C(=O)O. The van der Waals surface area contributed by atoms with Crippen molar-refractivity contribution in [3.05, 3.63) is 29.6 Å². The standard InChI is InChI=1S/C9H10FNO3.ClH/c10-6-2-1-5(4-8(6)12)3-7(11)9(13)14;/h1-2,4,7,12H,3,11H2,(H,13,14);1H. The summed E-state index contributed by atoms with van der Waals surface area (Å²) >= 11 is 0. The molecule has 0 spiro atoms. The van der Waals surface area contributed by atoms with Crippen LogP contribution in [0.3, 0.4) is 0 Å². The van der Waals surface area contributed by atoms with Crippen molar-refractivity contribution >= 4 is 18.4 Å². The fourth-order valence-corrected chi connectivity index (χ4v) is 1.03. The molecular formula is C9H11ClFNO3. The quantitative estimate of drug-likeness (QED) is 0.727. The van der Waals surface area contributed by atoms with E-state index in [2.05, 4.69) is 0 Å². The summed E-state index contributed by atoms with van der Waals surface area (Å²) in [6.07, 6.45) is 0.0587. The lowest BCUT2D eigenvalue weighted by Crippen LogP contribution is -2.32. The molecule has 1 rings (SSSR count). The molecule has 84 valence electrons. The van der Waals surface area contributed by atoms with Gasteiger partial charge in [-0.3, -0.25) is 4.79 Å². The molecule has 1 atom stereocenters. The average molecular weight is 236 g/mol. The number of carbonyl (C=O) groups is 1. The molecule has 0 aliphatic rings. The van der Waals surface area contributed by atoms with E-state index in [4.69, 9.17) is 15.9 Å². The molecule has 0 radical (unpaired) electrons. The molecule has 0 aromatic heterocycles. The van der Waals surface area contributed by atoms with Crippen molar-refractivity contribution in [3.63, 3.8) is 0 Å². The van der Waals surface area contributed by atoms with Crippen molar-refractivity contribution in [2.45, 2.75) is 12.5 Å². The van der Waals surface area contributed by atoms with Crippen LogP contribution in [0.2, 0.25) is 0 Å². The number of aliphatic carboxylic acids is 1. The van der Waals surface area contributed by atoms with Crippen LogP contribution in [0, 0.1) is 5.82 Å². The molecule has 15 heavy (non-hydrogen) atoms. The monoisotopic (exact) mass is 235 g/mol. The van der Waals surface area contributed by atoms with Crippen LogP contribution in [0.4, 0.5) is 4.39 Å². The van der Waals surface area contributed by atoms with Crippen LogP contribution in [0.25, 0.3) is 0 Å². The number of hydrogen-bond donors (Lipinski definition) is 3. The van der Waals surface area contributed by atoms with Gasteiger partial charge in [0, 0.05) is 0 Å². The summed E-state index contributed by atoms with van der Waals surface area (Å²) in [4.78, 5) is 10.4. The summed E-state index contributed by atoms with van der Waals surface area (Å²) < 4.78 is 12.6. The molecule has 0 aliphatic carbocycles. The van der Waals surface area contributed by atoms with E-state index in [1.165, 1.54) is 6.07 Å². The summed E-state index contributed by atoms with van der Waals surface area (Å²) in [6.45, 7) is 0. The Hall–Kier alpha value is -1.33. The van der Waals surface area contributed by atoms with Gasteiger partial charge in [-0.25, -0.2) is 4.39 Å². The van der Waals surface area contributed by atoms with Crippen molar-refractivity contribution < 1.29 is 19.4 Å². The first-order chi connectivity index (χ1) is 6.50. The molecule has 0 heterocycles. The van der Waals surface area contributed by atoms with E-state index in [-0.39, 0.29) is 18.8 Å². The molecule has 6 heteroatoms. The zero-order chi connectivity index (χ0) is 10.7. The highest BCUT2D eigenvalue weighted by Gasteiger charge is 2.12. The van der Waals surface area contributed by atoms with Crippen molar-refractivity contribution in [2.75, 3.05) is 0 Å². The lowest BCUT2D eigenvalue weighted by molar-refractivity contribution is -0.138. The Morgan fingerprint density at radius 1 is 1.53 bits per heavy atom. The summed E-state index contributed by atoms with van der Waals surface area (Å²) in [5.41, 5.74) is 5.75. The molecule has 0 fully saturated rings. The van der Waals surface area contributed by atoms with Crippen LogP contribution in [0.1, 0.15) is 5.56 Å².